The first-order valence-corrected chi connectivity index (χ1v) is 6.53. The Morgan fingerprint density at radius 3 is 2.94 bits per heavy atom. The van der Waals surface area contributed by atoms with Crippen LogP contribution in [-0.4, -0.2) is 17.3 Å². The Hall–Kier alpha value is -1.60. The number of nitrogens with zero attached hydrogens (tertiary/aromatic N) is 2. The molecule has 0 aliphatic rings. The zero-order valence-corrected chi connectivity index (χ0v) is 10.8. The van der Waals surface area contributed by atoms with Gasteiger partial charge in [0, 0.05) is 11.9 Å². The number of primary amides is 1. The summed E-state index contributed by atoms with van der Waals surface area (Å²) in [5.74, 6) is -0.334. The maximum Gasteiger partial charge on any atom is 0.255 e. The first-order valence-electron chi connectivity index (χ1n) is 4.88. The Labute approximate surface area is 107 Å². The van der Waals surface area contributed by atoms with E-state index in [0.29, 0.717) is 17.1 Å². The quantitative estimate of drug-likeness (QED) is 0.880. The molecule has 0 unspecified atom stereocenters. The molecule has 1 amide bonds. The highest BCUT2D eigenvalue weighted by Gasteiger charge is 2.19. The van der Waals surface area contributed by atoms with Crippen molar-refractivity contribution in [3.8, 4) is 0 Å². The van der Waals surface area contributed by atoms with Crippen LogP contribution < -0.4 is 16.4 Å². The van der Waals surface area contributed by atoms with Crippen LogP contribution in [0.15, 0.2) is 17.5 Å². The molecule has 0 fully saturated rings. The number of carbonyl (C=O) groups excluding carboxylic acids is 1. The summed E-state index contributed by atoms with van der Waals surface area (Å²) in [6.45, 7) is 0.708. The zero-order valence-electron chi connectivity index (χ0n) is 9.21. The van der Waals surface area contributed by atoms with Crippen molar-refractivity contribution in [2.75, 3.05) is 17.7 Å². The van der Waals surface area contributed by atoms with E-state index in [2.05, 4.69) is 4.37 Å². The van der Waals surface area contributed by atoms with E-state index in [-0.39, 0.29) is 5.82 Å². The van der Waals surface area contributed by atoms with Crippen molar-refractivity contribution in [1.29, 1.82) is 0 Å². The van der Waals surface area contributed by atoms with Gasteiger partial charge in [-0.05, 0) is 23.0 Å². The normalized spacial score (nSPS) is 10.4. The molecule has 4 N–H and O–H groups in total. The summed E-state index contributed by atoms with van der Waals surface area (Å²) in [6, 6.07) is 4.03. The molecule has 0 aromatic carbocycles. The van der Waals surface area contributed by atoms with Crippen LogP contribution >= 0.6 is 22.9 Å². The molecule has 7 heteroatoms. The summed E-state index contributed by atoms with van der Waals surface area (Å²) in [4.78, 5) is 14.4. The second kappa shape index (κ2) is 4.72. The molecular formula is C10H12N4OS2. The van der Waals surface area contributed by atoms with Crippen molar-refractivity contribution in [2.45, 2.75) is 6.54 Å². The molecule has 5 nitrogen and oxygen atoms in total. The van der Waals surface area contributed by atoms with Crippen molar-refractivity contribution in [1.82, 2.24) is 4.37 Å². The number of anilines is 2. The summed E-state index contributed by atoms with van der Waals surface area (Å²) in [5.41, 5.74) is 11.2. The van der Waals surface area contributed by atoms with E-state index >= 15 is 0 Å². The number of hydrogen-bond acceptors (Lipinski definition) is 6. The smallest absolute Gasteiger partial charge is 0.255 e. The van der Waals surface area contributed by atoms with E-state index < -0.39 is 5.91 Å². The second-order valence-electron chi connectivity index (χ2n) is 3.55. The van der Waals surface area contributed by atoms with Gasteiger partial charge in [-0.15, -0.1) is 11.3 Å². The van der Waals surface area contributed by atoms with Crippen LogP contribution in [0.3, 0.4) is 0 Å². The molecule has 90 valence electrons. The third kappa shape index (κ3) is 2.40. The fourth-order valence-electron chi connectivity index (χ4n) is 1.49. The Balaban J connectivity index is 2.25. The van der Waals surface area contributed by atoms with Crippen LogP contribution in [0, 0.1) is 0 Å². The van der Waals surface area contributed by atoms with Crippen molar-refractivity contribution in [2.24, 2.45) is 5.73 Å². The average Bonchev–Trinajstić information content (AvgIpc) is 2.86. The monoisotopic (exact) mass is 268 g/mol. The van der Waals surface area contributed by atoms with Gasteiger partial charge in [-0.1, -0.05) is 6.07 Å². The first kappa shape index (κ1) is 11.9. The molecule has 0 saturated heterocycles. The molecule has 2 rings (SSSR count). The third-order valence-corrected chi connectivity index (χ3v) is 4.10. The zero-order chi connectivity index (χ0) is 12.4. The molecule has 0 bridgehead atoms. The predicted molar refractivity (Wildman–Crippen MR) is 71.5 cm³/mol. The van der Waals surface area contributed by atoms with Crippen molar-refractivity contribution >= 4 is 39.6 Å². The van der Waals surface area contributed by atoms with Crippen LogP contribution in [0.1, 0.15) is 15.2 Å². The number of thiophene rings is 1. The average molecular weight is 268 g/mol. The molecule has 0 aliphatic carbocycles. The van der Waals surface area contributed by atoms with Crippen LogP contribution in [0.25, 0.3) is 0 Å². The second-order valence-corrected chi connectivity index (χ2v) is 5.33. The first-order chi connectivity index (χ1) is 8.09. The number of nitrogens with two attached hydrogens (primary N) is 2. The summed E-state index contributed by atoms with van der Waals surface area (Å²) in [6.07, 6.45) is 0. The van der Waals surface area contributed by atoms with Crippen LogP contribution in [0.2, 0.25) is 0 Å². The van der Waals surface area contributed by atoms with E-state index in [9.17, 15) is 4.79 Å². The van der Waals surface area contributed by atoms with Gasteiger partial charge >= 0.3 is 0 Å². The highest BCUT2D eigenvalue weighted by molar-refractivity contribution is 7.11. The highest BCUT2D eigenvalue weighted by atomic mass is 32.1. The van der Waals surface area contributed by atoms with E-state index in [4.69, 9.17) is 11.5 Å². The van der Waals surface area contributed by atoms with Gasteiger partial charge in [0.1, 0.15) is 10.6 Å². The Morgan fingerprint density at radius 1 is 1.59 bits per heavy atom. The van der Waals surface area contributed by atoms with E-state index in [1.807, 2.05) is 29.5 Å². The largest absolute Gasteiger partial charge is 0.382 e. The lowest BCUT2D eigenvalue weighted by Gasteiger charge is -2.16. The summed E-state index contributed by atoms with van der Waals surface area (Å²) in [5, 5.41) is 2.72. The molecule has 0 radical (unpaired) electrons. The van der Waals surface area contributed by atoms with Gasteiger partial charge < -0.3 is 16.4 Å². The Morgan fingerprint density at radius 2 is 2.35 bits per heavy atom. The molecule has 0 spiro atoms. The molecule has 0 atom stereocenters. The number of rotatable bonds is 4. The lowest BCUT2D eigenvalue weighted by molar-refractivity contribution is 0.100. The van der Waals surface area contributed by atoms with Gasteiger partial charge in [0.2, 0.25) is 0 Å². The molecular weight excluding hydrogens is 256 g/mol. The fraction of sp³-hybridized carbons (Fsp3) is 0.200. The lowest BCUT2D eigenvalue weighted by Crippen LogP contribution is -2.20. The van der Waals surface area contributed by atoms with Crippen LogP contribution in [0.4, 0.5) is 10.8 Å². The molecule has 0 saturated carbocycles. The minimum Gasteiger partial charge on any atom is -0.382 e. The van der Waals surface area contributed by atoms with Crippen molar-refractivity contribution in [3.63, 3.8) is 0 Å². The minimum atomic E-state index is -0.538. The van der Waals surface area contributed by atoms with E-state index in [1.54, 1.807) is 11.3 Å². The SMILES string of the molecule is CN(Cc1cccs1)c1snc(N)c1C(N)=O. The Bertz CT molecular complexity index is 520. The standard InChI is InChI=1S/C10H12N4OS2/c1-14(5-6-3-2-4-16-6)10-7(9(12)15)8(11)13-17-10/h2-4H,5H2,1H3,(H2,11,13)(H2,12,15). The minimum absolute atomic E-state index is 0.204. The maximum absolute atomic E-state index is 11.3. The number of aromatic nitrogens is 1. The molecule has 2 heterocycles. The van der Waals surface area contributed by atoms with E-state index in [0.717, 1.165) is 0 Å². The molecule has 2 aromatic rings. The van der Waals surface area contributed by atoms with Crippen LogP contribution in [-0.2, 0) is 6.54 Å². The van der Waals surface area contributed by atoms with Gasteiger partial charge in [-0.2, -0.15) is 4.37 Å². The van der Waals surface area contributed by atoms with Gasteiger partial charge in [0.15, 0.2) is 5.82 Å². The van der Waals surface area contributed by atoms with Gasteiger partial charge in [0.25, 0.3) is 5.91 Å². The fourth-order valence-corrected chi connectivity index (χ4v) is 3.03. The van der Waals surface area contributed by atoms with Gasteiger partial charge in [-0.25, -0.2) is 0 Å². The van der Waals surface area contributed by atoms with Crippen molar-refractivity contribution < 1.29 is 4.79 Å². The molecule has 0 aliphatic heterocycles. The number of nitrogen functional groups attached to an aromatic ring is 1. The predicted octanol–water partition coefficient (Wildman–Crippen LogP) is 1.52. The molecule has 17 heavy (non-hydrogen) atoms. The number of carbonyl (C=O) groups is 1. The van der Waals surface area contributed by atoms with Gasteiger partial charge in [-0.3, -0.25) is 4.79 Å². The van der Waals surface area contributed by atoms with Crippen molar-refractivity contribution in [3.05, 3.63) is 28.0 Å². The Kier molecular flexibility index (Phi) is 3.30. The molecule has 2 aromatic heterocycles. The summed E-state index contributed by atoms with van der Waals surface area (Å²) < 4.78 is 3.97. The maximum atomic E-state index is 11.3. The summed E-state index contributed by atoms with van der Waals surface area (Å²) in [7, 11) is 1.89. The lowest BCUT2D eigenvalue weighted by atomic mass is 10.3. The highest BCUT2D eigenvalue weighted by Crippen LogP contribution is 2.30. The summed E-state index contributed by atoms with van der Waals surface area (Å²) >= 11 is 2.85. The van der Waals surface area contributed by atoms with Crippen LogP contribution in [0.5, 0.6) is 0 Å². The number of hydrogen-bond donors (Lipinski definition) is 2. The third-order valence-electron chi connectivity index (χ3n) is 2.27. The van der Waals surface area contributed by atoms with E-state index in [1.165, 1.54) is 16.4 Å². The number of amides is 1. The topological polar surface area (TPSA) is 85.2 Å². The van der Waals surface area contributed by atoms with Gasteiger partial charge in [0.05, 0.1) is 6.54 Å².